The van der Waals surface area contributed by atoms with E-state index in [1.807, 2.05) is 0 Å². The second kappa shape index (κ2) is 21.0. The third-order valence-corrected chi connectivity index (χ3v) is 18.9. The first-order chi connectivity index (χ1) is 40.9. The molecular formula is C79H68N2O2. The smallest absolute Gasteiger partial charge is 0.159 e. The maximum atomic E-state index is 13.2. The van der Waals surface area contributed by atoms with Gasteiger partial charge in [0.15, 0.2) is 5.58 Å². The first kappa shape index (κ1) is 50.8. The topological polar surface area (TPSA) is 39.9 Å². The van der Waals surface area contributed by atoms with E-state index in [4.69, 9.17) is 4.42 Å². The minimum Gasteiger partial charge on any atom is -0.505 e. The van der Waals surface area contributed by atoms with E-state index >= 15 is 0 Å². The lowest BCUT2D eigenvalue weighted by molar-refractivity contribution is 0.478. The fraction of sp³-hybridized carbons (Fsp3) is 0.190. The second-order valence-electron chi connectivity index (χ2n) is 23.6. The zero-order valence-corrected chi connectivity index (χ0v) is 47.8. The molecule has 0 radical (unpaired) electrons. The Morgan fingerprint density at radius 2 is 0.855 bits per heavy atom. The molecule has 4 nitrogen and oxygen atoms in total. The summed E-state index contributed by atoms with van der Waals surface area (Å²) in [6, 6.07) is 80.6. The van der Waals surface area contributed by atoms with Gasteiger partial charge in [0.1, 0.15) is 11.3 Å². The number of furan rings is 1. The molecule has 1 N–H and O–H groups in total. The zero-order valence-electron chi connectivity index (χ0n) is 47.8. The summed E-state index contributed by atoms with van der Waals surface area (Å²) < 4.78 is 7.33. The number of phenolic OH excluding ortho intramolecular Hbond substituents is 1. The third-order valence-electron chi connectivity index (χ3n) is 18.9. The Bertz CT molecular complexity index is 4590. The molecule has 406 valence electrons. The van der Waals surface area contributed by atoms with Crippen LogP contribution in [0.1, 0.15) is 105 Å². The van der Waals surface area contributed by atoms with Gasteiger partial charge in [-0.3, -0.25) is 0 Å². The standard InChI is InChI=1S/C79H68N2O2/c1-4-51-22-15-32-58(45-51)80(71-39-19-35-61(77(71)82)57-31-17-30-56(47-57)60-34-14-9-21-50(60)3)73-48-69(54-26-10-11-27-54)63-42-44-68-74(49-70(55-28-12-13-29-55)64-41-43-67(73)75(63)76(64)68)81(59-33-16-23-52(5-2)46-59)72-40-20-38-66-65-37-18-36-62(78(65)83-79(66)72)53-24-7-6-8-25-53/h6-9,14-25,30-49,54-55,82H,4-5,10-13,26-29H2,1-3H3. The summed E-state index contributed by atoms with van der Waals surface area (Å²) in [6.07, 6.45) is 11.4. The van der Waals surface area contributed by atoms with Crippen molar-refractivity contribution in [1.29, 1.82) is 0 Å². The molecule has 0 aliphatic heterocycles. The quantitative estimate of drug-likeness (QED) is 0.117. The van der Waals surface area contributed by atoms with Crippen molar-refractivity contribution in [3.8, 4) is 39.1 Å². The number of benzene rings is 12. The van der Waals surface area contributed by atoms with Crippen LogP contribution in [0, 0.1) is 6.92 Å². The Morgan fingerprint density at radius 1 is 0.386 bits per heavy atom. The highest BCUT2D eigenvalue weighted by Crippen LogP contribution is 2.56. The van der Waals surface area contributed by atoms with E-state index in [1.165, 1.54) is 104 Å². The van der Waals surface area contributed by atoms with Gasteiger partial charge in [0.2, 0.25) is 0 Å². The van der Waals surface area contributed by atoms with Gasteiger partial charge in [0.05, 0.1) is 22.7 Å². The average molecular weight is 1080 g/mol. The monoisotopic (exact) mass is 1080 g/mol. The van der Waals surface area contributed by atoms with E-state index in [0.29, 0.717) is 11.8 Å². The number of aryl methyl sites for hydroxylation is 3. The molecule has 0 saturated heterocycles. The molecule has 0 unspecified atom stereocenters. The van der Waals surface area contributed by atoms with Crippen molar-refractivity contribution in [2.75, 3.05) is 9.80 Å². The lowest BCUT2D eigenvalue weighted by atomic mass is 9.82. The maximum absolute atomic E-state index is 13.2. The summed E-state index contributed by atoms with van der Waals surface area (Å²) in [4.78, 5) is 4.93. The fourth-order valence-electron chi connectivity index (χ4n) is 14.7. The third kappa shape index (κ3) is 8.64. The van der Waals surface area contributed by atoms with Crippen molar-refractivity contribution in [2.45, 2.75) is 96.8 Å². The average Bonchev–Trinajstić information content (AvgIpc) is 3.28. The minimum atomic E-state index is 0.260. The summed E-state index contributed by atoms with van der Waals surface area (Å²) in [7, 11) is 0. The highest BCUT2D eigenvalue weighted by molar-refractivity contribution is 6.30. The van der Waals surface area contributed by atoms with Gasteiger partial charge in [-0.1, -0.05) is 203 Å². The van der Waals surface area contributed by atoms with Gasteiger partial charge >= 0.3 is 0 Å². The highest BCUT2D eigenvalue weighted by Gasteiger charge is 2.32. The lowest BCUT2D eigenvalue weighted by Crippen LogP contribution is -2.14. The number of hydrogen-bond donors (Lipinski definition) is 1. The van der Waals surface area contributed by atoms with Crippen molar-refractivity contribution in [1.82, 2.24) is 0 Å². The first-order valence-corrected chi connectivity index (χ1v) is 30.5. The zero-order chi connectivity index (χ0) is 55.7. The number of phenols is 1. The Balaban J connectivity index is 1.02. The predicted molar refractivity (Wildman–Crippen MR) is 351 cm³/mol. The summed E-state index contributed by atoms with van der Waals surface area (Å²) >= 11 is 0. The number of anilines is 6. The number of hydrogen-bond acceptors (Lipinski definition) is 4. The molecule has 1 heterocycles. The minimum absolute atomic E-state index is 0.260. The Morgan fingerprint density at radius 3 is 1.47 bits per heavy atom. The molecule has 0 amide bonds. The van der Waals surface area contributed by atoms with Crippen LogP contribution in [0.5, 0.6) is 5.75 Å². The lowest BCUT2D eigenvalue weighted by Gasteiger charge is -2.32. The molecule has 2 aliphatic carbocycles. The summed E-state index contributed by atoms with van der Waals surface area (Å²) in [5, 5.41) is 23.1. The van der Waals surface area contributed by atoms with E-state index in [-0.39, 0.29) is 5.75 Å². The van der Waals surface area contributed by atoms with Crippen LogP contribution in [0.2, 0.25) is 0 Å². The number of para-hydroxylation sites is 3. The number of nitrogens with zero attached hydrogens (tertiary/aromatic N) is 2. The second-order valence-corrected chi connectivity index (χ2v) is 23.6. The van der Waals surface area contributed by atoms with Gasteiger partial charge in [-0.05, 0) is 183 Å². The van der Waals surface area contributed by atoms with Gasteiger partial charge in [-0.2, -0.15) is 0 Å². The van der Waals surface area contributed by atoms with Crippen LogP contribution in [0.4, 0.5) is 34.1 Å². The summed E-state index contributed by atoms with van der Waals surface area (Å²) in [5.41, 5.74) is 20.9. The van der Waals surface area contributed by atoms with Crippen molar-refractivity contribution < 1.29 is 9.52 Å². The molecule has 1 aromatic heterocycles. The van der Waals surface area contributed by atoms with Crippen molar-refractivity contribution in [2.24, 2.45) is 0 Å². The van der Waals surface area contributed by atoms with Crippen molar-refractivity contribution >= 4 is 88.4 Å². The fourth-order valence-corrected chi connectivity index (χ4v) is 14.7. The molecule has 2 aliphatic rings. The maximum Gasteiger partial charge on any atom is 0.159 e. The van der Waals surface area contributed by atoms with Gasteiger partial charge in [-0.15, -0.1) is 0 Å². The molecule has 12 aromatic carbocycles. The van der Waals surface area contributed by atoms with E-state index in [9.17, 15) is 5.11 Å². The van der Waals surface area contributed by atoms with Gasteiger partial charge in [-0.25, -0.2) is 0 Å². The van der Waals surface area contributed by atoms with Crippen molar-refractivity contribution in [3.05, 3.63) is 246 Å². The van der Waals surface area contributed by atoms with Crippen LogP contribution in [0.25, 0.3) is 87.6 Å². The Labute approximate surface area is 487 Å². The van der Waals surface area contributed by atoms with Crippen LogP contribution in [-0.2, 0) is 12.8 Å². The summed E-state index contributed by atoms with van der Waals surface area (Å²) in [6.45, 7) is 6.65. The van der Waals surface area contributed by atoms with E-state index in [0.717, 1.165) is 110 Å². The first-order valence-electron chi connectivity index (χ1n) is 30.5. The van der Waals surface area contributed by atoms with E-state index in [1.54, 1.807) is 0 Å². The molecule has 15 rings (SSSR count). The molecule has 13 aromatic rings. The molecule has 2 fully saturated rings. The van der Waals surface area contributed by atoms with Crippen LogP contribution < -0.4 is 9.80 Å². The largest absolute Gasteiger partial charge is 0.505 e. The highest BCUT2D eigenvalue weighted by atomic mass is 16.3. The normalized spacial score (nSPS) is 14.1. The van der Waals surface area contributed by atoms with E-state index < -0.39 is 0 Å². The SMILES string of the molecule is CCc1cccc(N(c2cccc(-c3cccc(-c4ccccc4C)c3)c2O)c2cc(C3CCCC3)c3ccc4c(N(c5cccc(CC)c5)c5cccc6c5oc5c(-c7ccccc7)cccc56)cc(C5CCCC5)c5ccc2c3c54)c1. The molecule has 2 saturated carbocycles. The number of aromatic hydroxyl groups is 1. The molecule has 83 heavy (non-hydrogen) atoms. The molecule has 4 heteroatoms. The van der Waals surface area contributed by atoms with Crippen LogP contribution >= 0.6 is 0 Å². The molecule has 0 spiro atoms. The van der Waals surface area contributed by atoms with Crippen molar-refractivity contribution in [3.63, 3.8) is 0 Å². The Kier molecular flexibility index (Phi) is 12.9. The summed E-state index contributed by atoms with van der Waals surface area (Å²) in [5.74, 6) is 1.08. The van der Waals surface area contributed by atoms with Gasteiger partial charge in [0, 0.05) is 44.0 Å². The Hall–Kier alpha value is -9.12. The van der Waals surface area contributed by atoms with Gasteiger partial charge < -0.3 is 19.3 Å². The molecule has 0 atom stereocenters. The van der Waals surface area contributed by atoms with Crippen LogP contribution in [0.3, 0.4) is 0 Å². The number of rotatable bonds is 13. The predicted octanol–water partition coefficient (Wildman–Crippen LogP) is 22.9. The molecular weight excluding hydrogens is 1010 g/mol. The van der Waals surface area contributed by atoms with Crippen LogP contribution in [0.15, 0.2) is 223 Å². The molecule has 0 bridgehead atoms. The van der Waals surface area contributed by atoms with Gasteiger partial charge in [0.25, 0.3) is 0 Å². The van der Waals surface area contributed by atoms with Crippen LogP contribution in [-0.4, -0.2) is 5.11 Å². The number of fused-ring (bicyclic) bond motifs is 3. The van der Waals surface area contributed by atoms with E-state index in [2.05, 4.69) is 249 Å².